The predicted molar refractivity (Wildman–Crippen MR) is 148 cm³/mol. The van der Waals surface area contributed by atoms with E-state index in [1.54, 1.807) is 6.92 Å². The normalized spacial score (nSPS) is 16.7. The van der Waals surface area contributed by atoms with Gasteiger partial charge in [-0.25, -0.2) is 38.4 Å². The minimum Gasteiger partial charge on any atom is -0.463 e. The van der Waals surface area contributed by atoms with Gasteiger partial charge in [0.1, 0.15) is 0 Å². The van der Waals surface area contributed by atoms with Gasteiger partial charge in [0.15, 0.2) is 55.1 Å². The van der Waals surface area contributed by atoms with Crippen molar-refractivity contribution < 1.29 is 86.1 Å². The number of aliphatic hydroxyl groups excluding tert-OH is 1. The average molecular weight is 667 g/mol. The summed E-state index contributed by atoms with van der Waals surface area (Å²) in [6.07, 6.45) is -13.0. The Morgan fingerprint density at radius 2 is 0.587 bits per heavy atom. The van der Waals surface area contributed by atoms with Crippen LogP contribution in [0, 0.1) is 0 Å². The molecule has 1 N–H and O–H groups in total. The topological polar surface area (TPSA) is 240 Å². The van der Waals surface area contributed by atoms with Crippen molar-refractivity contribution in [2.45, 2.75) is 124 Å². The van der Waals surface area contributed by atoms with E-state index in [0.29, 0.717) is 0 Å². The lowest BCUT2D eigenvalue weighted by molar-refractivity contribution is -0.191. The van der Waals surface area contributed by atoms with Gasteiger partial charge >= 0.3 is 47.8 Å². The summed E-state index contributed by atoms with van der Waals surface area (Å²) >= 11 is 0. The van der Waals surface area contributed by atoms with Crippen LogP contribution in [0.25, 0.3) is 0 Å². The molecule has 0 heterocycles. The number of rotatable bonds is 18. The molecule has 262 valence electrons. The van der Waals surface area contributed by atoms with Crippen molar-refractivity contribution in [2.75, 3.05) is 6.61 Å². The van der Waals surface area contributed by atoms with Crippen LogP contribution in [-0.4, -0.2) is 115 Å². The number of carbonyl (C=O) groups excluding carboxylic acids is 8. The van der Waals surface area contributed by atoms with Crippen molar-refractivity contribution in [3.05, 3.63) is 0 Å². The molecule has 0 amide bonds. The summed E-state index contributed by atoms with van der Waals surface area (Å²) in [5.74, 6) is -8.70. The molecular formula is C28H42O18. The quantitative estimate of drug-likeness (QED) is 0.113. The molecule has 0 aromatic heterocycles. The number of hydrogen-bond acceptors (Lipinski definition) is 18. The largest absolute Gasteiger partial charge is 0.463 e. The van der Waals surface area contributed by atoms with Crippen molar-refractivity contribution in [1.29, 1.82) is 0 Å². The summed E-state index contributed by atoms with van der Waals surface area (Å²) in [6, 6.07) is 0. The molecule has 0 bridgehead atoms. The van der Waals surface area contributed by atoms with Crippen molar-refractivity contribution in [3.63, 3.8) is 0 Å². The molecule has 0 aromatic carbocycles. The van der Waals surface area contributed by atoms with Gasteiger partial charge in [-0.2, -0.15) is 0 Å². The van der Waals surface area contributed by atoms with E-state index in [4.69, 9.17) is 47.7 Å². The molecule has 18 nitrogen and oxygen atoms in total. The summed E-state index contributed by atoms with van der Waals surface area (Å²) in [7, 11) is 0. The molecule has 0 fully saturated rings. The van der Waals surface area contributed by atoms with E-state index in [9.17, 15) is 38.4 Å². The Balaban J connectivity index is 4.80. The van der Waals surface area contributed by atoms with Crippen LogP contribution in [0.5, 0.6) is 0 Å². The number of esters is 8. The zero-order valence-corrected chi connectivity index (χ0v) is 27.3. The van der Waals surface area contributed by atoms with Gasteiger partial charge in [-0.3, -0.25) is 0 Å². The van der Waals surface area contributed by atoms with E-state index in [-0.39, 0.29) is 6.61 Å². The van der Waals surface area contributed by atoms with Gasteiger partial charge < -0.3 is 47.7 Å². The zero-order chi connectivity index (χ0) is 35.9. The Labute approximate surface area is 265 Å². The van der Waals surface area contributed by atoms with Crippen LogP contribution in [0.15, 0.2) is 0 Å². The fourth-order valence-corrected chi connectivity index (χ4v) is 2.84. The molecule has 0 spiro atoms. The van der Waals surface area contributed by atoms with Crippen LogP contribution < -0.4 is 0 Å². The van der Waals surface area contributed by atoms with E-state index < -0.39 is 103 Å². The van der Waals surface area contributed by atoms with E-state index >= 15 is 0 Å². The maximum Gasteiger partial charge on any atom is 0.347 e. The fourth-order valence-electron chi connectivity index (χ4n) is 2.84. The lowest BCUT2D eigenvalue weighted by Gasteiger charge is -2.21. The smallest absolute Gasteiger partial charge is 0.347 e. The second kappa shape index (κ2) is 19.9. The van der Waals surface area contributed by atoms with Gasteiger partial charge in [0, 0.05) is 0 Å². The lowest BCUT2D eigenvalue weighted by Crippen LogP contribution is -2.39. The second-order valence-electron chi connectivity index (χ2n) is 9.68. The first kappa shape index (κ1) is 41.7. The van der Waals surface area contributed by atoms with Crippen LogP contribution in [0.4, 0.5) is 0 Å². The van der Waals surface area contributed by atoms with Crippen LogP contribution in [0.1, 0.15) is 69.2 Å². The van der Waals surface area contributed by atoms with Crippen molar-refractivity contribution in [3.8, 4) is 0 Å². The van der Waals surface area contributed by atoms with E-state index in [1.165, 1.54) is 20.8 Å². The highest BCUT2D eigenvalue weighted by Crippen LogP contribution is 2.10. The molecule has 0 aliphatic rings. The molecule has 0 unspecified atom stereocenters. The Hall–Kier alpha value is -4.32. The van der Waals surface area contributed by atoms with Crippen LogP contribution in [0.3, 0.4) is 0 Å². The molecular weight excluding hydrogens is 624 g/mol. The molecule has 0 aliphatic heterocycles. The SMILES string of the molecule is CCOC(=O)[C@H](C)OC(=O)[C@H](C)OC(=O)[C@H](C)OC(=O)[C@H](C)OC(=O)[C@H](C)OC(=O)[C@H](C)OC(=O)[C@H](C)OC(=O)[C@H](C)O[C@H](C)O. The first-order valence-electron chi connectivity index (χ1n) is 14.1. The van der Waals surface area contributed by atoms with Gasteiger partial charge in [-0.05, 0) is 69.2 Å². The number of ether oxygens (including phenoxy) is 9. The van der Waals surface area contributed by atoms with Gasteiger partial charge in [0.2, 0.25) is 0 Å². The van der Waals surface area contributed by atoms with Crippen LogP contribution >= 0.6 is 0 Å². The first-order valence-corrected chi connectivity index (χ1v) is 14.1. The summed E-state index contributed by atoms with van der Waals surface area (Å²) in [5.41, 5.74) is 0. The third-order valence-electron chi connectivity index (χ3n) is 5.39. The highest BCUT2D eigenvalue weighted by atomic mass is 16.7. The number of hydrogen-bond donors (Lipinski definition) is 1. The molecule has 9 atom stereocenters. The van der Waals surface area contributed by atoms with E-state index in [0.717, 1.165) is 41.5 Å². The van der Waals surface area contributed by atoms with Gasteiger partial charge in [0.05, 0.1) is 6.61 Å². The first-order chi connectivity index (χ1) is 21.2. The molecule has 0 saturated heterocycles. The molecule has 0 saturated carbocycles. The second-order valence-corrected chi connectivity index (χ2v) is 9.68. The Morgan fingerprint density at radius 1 is 0.391 bits per heavy atom. The maximum atomic E-state index is 12.3. The average Bonchev–Trinajstić information content (AvgIpc) is 2.95. The minimum absolute atomic E-state index is 0.0625. The summed E-state index contributed by atoms with van der Waals surface area (Å²) in [4.78, 5) is 97.0. The molecule has 18 heteroatoms. The van der Waals surface area contributed by atoms with Crippen LogP contribution in [-0.2, 0) is 81.0 Å². The Kier molecular flexibility index (Phi) is 18.1. The van der Waals surface area contributed by atoms with E-state index in [1.807, 2.05) is 0 Å². The monoisotopic (exact) mass is 666 g/mol. The van der Waals surface area contributed by atoms with Crippen molar-refractivity contribution >= 4 is 47.8 Å². The third kappa shape index (κ3) is 15.1. The number of aliphatic hydroxyl groups is 1. The molecule has 0 rings (SSSR count). The summed E-state index contributed by atoms with van der Waals surface area (Å²) < 4.78 is 43.7. The van der Waals surface area contributed by atoms with E-state index in [2.05, 4.69) is 0 Å². The predicted octanol–water partition coefficient (Wildman–Crippen LogP) is -0.185. The summed E-state index contributed by atoms with van der Waals surface area (Å²) in [6.45, 7) is 12.2. The highest BCUT2D eigenvalue weighted by Gasteiger charge is 2.33. The number of carbonyl (C=O) groups is 8. The Morgan fingerprint density at radius 3 is 0.783 bits per heavy atom. The molecule has 0 radical (unpaired) electrons. The summed E-state index contributed by atoms with van der Waals surface area (Å²) in [5, 5.41) is 9.15. The van der Waals surface area contributed by atoms with Gasteiger partial charge in [0.25, 0.3) is 0 Å². The fraction of sp³-hybridized carbons (Fsp3) is 0.714. The zero-order valence-electron chi connectivity index (χ0n) is 27.3. The van der Waals surface area contributed by atoms with Gasteiger partial charge in [-0.1, -0.05) is 0 Å². The minimum atomic E-state index is -1.59. The standard InChI is InChI=1S/C28H42O18/c1-11-38-21(30)12(2)40-23(32)14(4)42-25(34)16(6)44-27(36)18(8)46-28(37)19(9)45-26(35)17(7)43-24(33)15(5)41-22(31)13(3)39-20(10)29/h12-20,29H,11H2,1-10H3/t12-,13-,14-,15-,16-,17-,18-,19-,20+/m0/s1. The molecule has 0 aliphatic carbocycles. The van der Waals surface area contributed by atoms with Crippen molar-refractivity contribution in [1.82, 2.24) is 0 Å². The maximum absolute atomic E-state index is 12.3. The highest BCUT2D eigenvalue weighted by molar-refractivity contribution is 5.87. The lowest BCUT2D eigenvalue weighted by atomic mass is 10.3. The Bertz CT molecular complexity index is 1100. The van der Waals surface area contributed by atoms with Crippen molar-refractivity contribution in [2.24, 2.45) is 0 Å². The van der Waals surface area contributed by atoms with Gasteiger partial charge in [-0.15, -0.1) is 0 Å². The third-order valence-corrected chi connectivity index (χ3v) is 5.39. The van der Waals surface area contributed by atoms with Crippen LogP contribution in [0.2, 0.25) is 0 Å². The molecule has 46 heavy (non-hydrogen) atoms. The molecule has 0 aromatic rings.